The lowest BCUT2D eigenvalue weighted by Crippen LogP contribution is -2.41. The van der Waals surface area contributed by atoms with E-state index in [1.807, 2.05) is 19.9 Å². The molecule has 0 bridgehead atoms. The van der Waals surface area contributed by atoms with Crippen LogP contribution in [0.1, 0.15) is 34.1 Å². The van der Waals surface area contributed by atoms with E-state index in [0.717, 1.165) is 0 Å². The lowest BCUT2D eigenvalue weighted by molar-refractivity contribution is -0.135. The van der Waals surface area contributed by atoms with Gasteiger partial charge in [-0.05, 0) is 19.3 Å². The highest BCUT2D eigenvalue weighted by Gasteiger charge is 2.24. The predicted molar refractivity (Wildman–Crippen MR) is 56.5 cm³/mol. The molecule has 0 fully saturated rings. The molecule has 0 aliphatic carbocycles. The quantitative estimate of drug-likeness (QED) is 0.690. The Bertz CT molecular complexity index is 230. The zero-order valence-electron chi connectivity index (χ0n) is 9.74. The molecule has 0 N–H and O–H groups in total. The van der Waals surface area contributed by atoms with Crippen LogP contribution in [0.4, 0.5) is 0 Å². The molecule has 14 heavy (non-hydrogen) atoms. The number of nitriles is 1. The molecule has 0 aromatic heterocycles. The minimum absolute atomic E-state index is 0.0591. The summed E-state index contributed by atoms with van der Waals surface area (Å²) < 4.78 is 0. The molecule has 0 saturated heterocycles. The van der Waals surface area contributed by atoms with Crippen molar-refractivity contribution in [3.63, 3.8) is 0 Å². The van der Waals surface area contributed by atoms with Gasteiger partial charge < -0.3 is 4.90 Å². The fourth-order valence-corrected chi connectivity index (χ4v) is 1.21. The number of rotatable bonds is 4. The highest BCUT2D eigenvalue weighted by molar-refractivity contribution is 5.81. The number of amides is 1. The van der Waals surface area contributed by atoms with Crippen molar-refractivity contribution in [2.75, 3.05) is 7.05 Å². The van der Waals surface area contributed by atoms with Gasteiger partial charge in [-0.2, -0.15) is 5.26 Å². The first-order valence-electron chi connectivity index (χ1n) is 5.11. The van der Waals surface area contributed by atoms with Gasteiger partial charge in [0.15, 0.2) is 0 Å². The summed E-state index contributed by atoms with van der Waals surface area (Å²) in [6.07, 6.45) is 0.588. The van der Waals surface area contributed by atoms with Crippen LogP contribution >= 0.6 is 0 Å². The maximum atomic E-state index is 11.8. The smallest absolute Gasteiger partial charge is 0.239 e. The number of carbonyl (C=O) groups excluding carboxylic acids is 1. The predicted octanol–water partition coefficient (Wildman–Crippen LogP) is 2.04. The van der Waals surface area contributed by atoms with Crippen molar-refractivity contribution < 1.29 is 4.79 Å². The fraction of sp³-hybridized carbons (Fsp3) is 0.818. The second kappa shape index (κ2) is 5.64. The Kier molecular flexibility index (Phi) is 5.22. The van der Waals surface area contributed by atoms with Crippen molar-refractivity contribution >= 4 is 5.91 Å². The molecular formula is C11H20N2O. The molecule has 0 spiro atoms. The summed E-state index contributed by atoms with van der Waals surface area (Å²) in [5.74, 6) is -0.127. The molecule has 2 unspecified atom stereocenters. The summed E-state index contributed by atoms with van der Waals surface area (Å²) in [4.78, 5) is 13.4. The normalized spacial score (nSPS) is 14.6. The van der Waals surface area contributed by atoms with Gasteiger partial charge >= 0.3 is 0 Å². The van der Waals surface area contributed by atoms with Gasteiger partial charge in [-0.3, -0.25) is 4.79 Å². The Hall–Kier alpha value is -1.04. The minimum Gasteiger partial charge on any atom is -0.342 e. The molecule has 3 heteroatoms. The molecule has 3 nitrogen and oxygen atoms in total. The van der Waals surface area contributed by atoms with E-state index in [1.54, 1.807) is 11.9 Å². The monoisotopic (exact) mass is 196 g/mol. The molecular weight excluding hydrogens is 176 g/mol. The Balaban J connectivity index is 4.47. The van der Waals surface area contributed by atoms with E-state index in [2.05, 4.69) is 13.8 Å². The maximum absolute atomic E-state index is 11.8. The Morgan fingerprint density at radius 2 is 1.93 bits per heavy atom. The number of hydrogen-bond donors (Lipinski definition) is 0. The summed E-state index contributed by atoms with van der Waals surface area (Å²) in [6, 6.07) is 2.22. The summed E-state index contributed by atoms with van der Waals surface area (Å²) in [7, 11) is 1.77. The largest absolute Gasteiger partial charge is 0.342 e. The number of carbonyl (C=O) groups is 1. The Morgan fingerprint density at radius 1 is 1.43 bits per heavy atom. The first-order valence-corrected chi connectivity index (χ1v) is 5.11. The summed E-state index contributed by atoms with van der Waals surface area (Å²) >= 11 is 0. The van der Waals surface area contributed by atoms with E-state index < -0.39 is 5.92 Å². The van der Waals surface area contributed by atoms with Crippen LogP contribution in [0.25, 0.3) is 0 Å². The van der Waals surface area contributed by atoms with Crippen molar-refractivity contribution in [2.24, 2.45) is 11.8 Å². The van der Waals surface area contributed by atoms with Crippen molar-refractivity contribution in [3.05, 3.63) is 0 Å². The van der Waals surface area contributed by atoms with Gasteiger partial charge in [0.25, 0.3) is 0 Å². The molecule has 0 heterocycles. The van der Waals surface area contributed by atoms with Gasteiger partial charge in [-0.15, -0.1) is 0 Å². The maximum Gasteiger partial charge on any atom is 0.239 e. The van der Waals surface area contributed by atoms with Gasteiger partial charge in [0.2, 0.25) is 5.91 Å². The molecule has 2 atom stereocenters. The molecule has 0 aliphatic rings. The van der Waals surface area contributed by atoms with Crippen LogP contribution in [-0.4, -0.2) is 23.9 Å². The van der Waals surface area contributed by atoms with Crippen LogP contribution in [-0.2, 0) is 4.79 Å². The van der Waals surface area contributed by atoms with Gasteiger partial charge in [0.05, 0.1) is 6.07 Å². The molecule has 0 saturated carbocycles. The highest BCUT2D eigenvalue weighted by Crippen LogP contribution is 2.13. The molecule has 0 rings (SSSR count). The number of nitrogens with zero attached hydrogens (tertiary/aromatic N) is 2. The fourth-order valence-electron chi connectivity index (χ4n) is 1.21. The lowest BCUT2D eigenvalue weighted by atomic mass is 10.0. The average Bonchev–Trinajstić information content (AvgIpc) is 2.17. The van der Waals surface area contributed by atoms with E-state index in [-0.39, 0.29) is 11.9 Å². The van der Waals surface area contributed by atoms with Crippen LogP contribution in [0, 0.1) is 23.2 Å². The number of hydrogen-bond acceptors (Lipinski definition) is 2. The molecule has 0 aromatic rings. The third-order valence-electron chi connectivity index (χ3n) is 2.79. The van der Waals surface area contributed by atoms with Gasteiger partial charge in [0.1, 0.15) is 5.92 Å². The summed E-state index contributed by atoms with van der Waals surface area (Å²) in [6.45, 7) is 8.01. The minimum atomic E-state index is -0.485. The molecule has 80 valence electrons. The SMILES string of the molecule is CCC(C#N)C(=O)N(C)C(C)C(C)C. The molecule has 0 aliphatic heterocycles. The molecule has 1 amide bonds. The molecule has 0 radical (unpaired) electrons. The third-order valence-corrected chi connectivity index (χ3v) is 2.79. The Morgan fingerprint density at radius 3 is 2.21 bits per heavy atom. The van der Waals surface area contributed by atoms with Crippen LogP contribution in [0.2, 0.25) is 0 Å². The van der Waals surface area contributed by atoms with E-state index in [9.17, 15) is 4.79 Å². The van der Waals surface area contributed by atoms with Gasteiger partial charge in [0, 0.05) is 13.1 Å². The standard InChI is InChI=1S/C11H20N2O/c1-6-10(7-12)11(14)13(5)9(4)8(2)3/h8-10H,6H2,1-5H3. The van der Waals surface area contributed by atoms with E-state index in [0.29, 0.717) is 12.3 Å². The van der Waals surface area contributed by atoms with Crippen LogP contribution < -0.4 is 0 Å². The van der Waals surface area contributed by atoms with Crippen LogP contribution in [0.15, 0.2) is 0 Å². The lowest BCUT2D eigenvalue weighted by Gasteiger charge is -2.29. The summed E-state index contributed by atoms with van der Waals surface area (Å²) in [5.41, 5.74) is 0. The van der Waals surface area contributed by atoms with Crippen molar-refractivity contribution in [1.29, 1.82) is 5.26 Å². The average molecular weight is 196 g/mol. The topological polar surface area (TPSA) is 44.1 Å². The van der Waals surface area contributed by atoms with Crippen molar-refractivity contribution in [2.45, 2.75) is 40.2 Å². The van der Waals surface area contributed by atoms with Gasteiger partial charge in [-0.25, -0.2) is 0 Å². The summed E-state index contributed by atoms with van der Waals surface area (Å²) in [5, 5.41) is 8.77. The Labute approximate surface area is 86.7 Å². The van der Waals surface area contributed by atoms with Crippen LogP contribution in [0.3, 0.4) is 0 Å². The van der Waals surface area contributed by atoms with E-state index in [1.165, 1.54) is 0 Å². The first-order chi connectivity index (χ1) is 6.45. The van der Waals surface area contributed by atoms with Crippen molar-refractivity contribution in [3.8, 4) is 6.07 Å². The van der Waals surface area contributed by atoms with Gasteiger partial charge in [-0.1, -0.05) is 20.8 Å². The highest BCUT2D eigenvalue weighted by atomic mass is 16.2. The third kappa shape index (κ3) is 3.02. The first kappa shape index (κ1) is 13.0. The second-order valence-corrected chi connectivity index (χ2v) is 4.02. The van der Waals surface area contributed by atoms with Crippen molar-refractivity contribution in [1.82, 2.24) is 4.90 Å². The zero-order chi connectivity index (χ0) is 11.3. The zero-order valence-corrected chi connectivity index (χ0v) is 9.74. The second-order valence-electron chi connectivity index (χ2n) is 4.02. The van der Waals surface area contributed by atoms with E-state index >= 15 is 0 Å². The van der Waals surface area contributed by atoms with E-state index in [4.69, 9.17) is 5.26 Å². The molecule has 0 aromatic carbocycles. The van der Waals surface area contributed by atoms with Crippen LogP contribution in [0.5, 0.6) is 0 Å².